The van der Waals surface area contributed by atoms with Crippen molar-refractivity contribution < 1.29 is 48.2 Å². The van der Waals surface area contributed by atoms with Crippen LogP contribution in [-0.2, 0) is 0 Å². The highest BCUT2D eigenvalue weighted by Gasteiger charge is 2.28. The van der Waals surface area contributed by atoms with Gasteiger partial charge in [-0.15, -0.1) is 0 Å². The van der Waals surface area contributed by atoms with Gasteiger partial charge in [-0.2, -0.15) is 0 Å². The first-order valence-electron chi connectivity index (χ1n) is 11.8. The summed E-state index contributed by atoms with van der Waals surface area (Å²) in [6.07, 6.45) is 15.8. The van der Waals surface area contributed by atoms with E-state index in [1.165, 1.54) is 83.7 Å². The van der Waals surface area contributed by atoms with E-state index < -0.39 is 8.80 Å². The standard InChI is InChI=1S/C22H52N2O3Si.2ClH/c1-6-7-8-9-10-11-12-13-14-15-18-23(2,3)19-16-20-24(4,5)21-17-22-28(25,26)27;;/h25-27H,6-22H2,1-5H3;2*1H/q+2;;/p-2. The maximum absolute atomic E-state index is 9.13. The Kier molecular flexibility index (Phi) is 22.4. The van der Waals surface area contributed by atoms with Crippen LogP contribution in [0, 0.1) is 0 Å². The zero-order valence-electron chi connectivity index (χ0n) is 20.5. The first-order valence-corrected chi connectivity index (χ1v) is 13.8. The summed E-state index contributed by atoms with van der Waals surface area (Å²) < 4.78 is 1.97. The molecule has 0 unspecified atom stereocenters. The quantitative estimate of drug-likeness (QED) is 0.109. The fourth-order valence-corrected chi connectivity index (χ4v) is 4.55. The monoisotopic (exact) mass is 490 g/mol. The second kappa shape index (κ2) is 19.1. The van der Waals surface area contributed by atoms with Crippen LogP contribution in [0.3, 0.4) is 0 Å². The molecular formula is C22H52Cl2N2O3Si. The zero-order chi connectivity index (χ0) is 21.5. The van der Waals surface area contributed by atoms with Gasteiger partial charge in [-0.05, 0) is 12.8 Å². The Labute approximate surface area is 201 Å². The lowest BCUT2D eigenvalue weighted by atomic mass is 10.1. The lowest BCUT2D eigenvalue weighted by Crippen LogP contribution is -3.00. The Hall–Kier alpha value is 0.597. The molecular weight excluding hydrogens is 439 g/mol. The molecule has 30 heavy (non-hydrogen) atoms. The molecule has 0 radical (unpaired) electrons. The van der Waals surface area contributed by atoms with E-state index in [-0.39, 0.29) is 30.9 Å². The van der Waals surface area contributed by atoms with Crippen LogP contribution in [-0.4, -0.2) is 86.5 Å². The predicted octanol–water partition coefficient (Wildman–Crippen LogP) is -2.24. The summed E-state index contributed by atoms with van der Waals surface area (Å²) in [5.41, 5.74) is 0. The molecule has 0 aromatic heterocycles. The largest absolute Gasteiger partial charge is 1.00 e. The second-order valence-corrected chi connectivity index (χ2v) is 12.2. The van der Waals surface area contributed by atoms with Crippen molar-refractivity contribution in [3.05, 3.63) is 0 Å². The van der Waals surface area contributed by atoms with Gasteiger partial charge in [-0.25, -0.2) is 0 Å². The molecule has 0 bridgehead atoms. The molecule has 5 nitrogen and oxygen atoms in total. The molecule has 0 aliphatic rings. The molecule has 186 valence electrons. The maximum Gasteiger partial charge on any atom is 0.492 e. The van der Waals surface area contributed by atoms with Crippen LogP contribution in [0.25, 0.3) is 0 Å². The minimum Gasteiger partial charge on any atom is -1.00 e. The summed E-state index contributed by atoms with van der Waals surface area (Å²) in [6, 6.07) is 0.148. The topological polar surface area (TPSA) is 60.7 Å². The van der Waals surface area contributed by atoms with E-state index in [0.717, 1.165) is 22.1 Å². The maximum atomic E-state index is 9.13. The molecule has 0 heterocycles. The van der Waals surface area contributed by atoms with Gasteiger partial charge in [0.25, 0.3) is 0 Å². The van der Waals surface area contributed by atoms with Crippen LogP contribution in [0.5, 0.6) is 0 Å². The predicted molar refractivity (Wildman–Crippen MR) is 122 cm³/mol. The van der Waals surface area contributed by atoms with E-state index in [4.69, 9.17) is 14.4 Å². The van der Waals surface area contributed by atoms with Crippen molar-refractivity contribution in [2.45, 2.75) is 90.0 Å². The van der Waals surface area contributed by atoms with Gasteiger partial charge in [0, 0.05) is 18.9 Å². The van der Waals surface area contributed by atoms with Crippen molar-refractivity contribution in [2.24, 2.45) is 0 Å². The molecule has 0 fully saturated rings. The summed E-state index contributed by atoms with van der Waals surface area (Å²) in [5.74, 6) is 0. The molecule has 3 N–H and O–H groups in total. The third-order valence-electron chi connectivity index (χ3n) is 5.92. The van der Waals surface area contributed by atoms with Crippen molar-refractivity contribution in [2.75, 3.05) is 54.4 Å². The molecule has 0 saturated carbocycles. The highest BCUT2D eigenvalue weighted by molar-refractivity contribution is 6.56. The Bertz CT molecular complexity index is 382. The number of hydrogen-bond donors (Lipinski definition) is 3. The molecule has 0 amide bonds. The van der Waals surface area contributed by atoms with Gasteiger partial charge in [0.1, 0.15) is 0 Å². The fraction of sp³-hybridized carbons (Fsp3) is 1.00. The minimum atomic E-state index is -3.87. The Morgan fingerprint density at radius 2 is 0.833 bits per heavy atom. The number of quaternary nitrogens is 2. The number of rotatable bonds is 19. The van der Waals surface area contributed by atoms with Crippen LogP contribution in [0.1, 0.15) is 84.0 Å². The number of unbranched alkanes of at least 4 members (excludes halogenated alkanes) is 9. The summed E-state index contributed by atoms with van der Waals surface area (Å²) in [7, 11) is 5.21. The summed E-state index contributed by atoms with van der Waals surface area (Å²) in [4.78, 5) is 27.4. The molecule has 0 saturated heterocycles. The van der Waals surface area contributed by atoms with E-state index in [1.807, 2.05) is 0 Å². The van der Waals surface area contributed by atoms with Crippen LogP contribution in [0.15, 0.2) is 0 Å². The fourth-order valence-electron chi connectivity index (χ4n) is 3.92. The average molecular weight is 492 g/mol. The average Bonchev–Trinajstić information content (AvgIpc) is 2.54. The Morgan fingerprint density at radius 1 is 0.500 bits per heavy atom. The molecule has 0 aliphatic carbocycles. The van der Waals surface area contributed by atoms with Gasteiger partial charge in [-0.3, -0.25) is 0 Å². The van der Waals surface area contributed by atoms with E-state index in [1.54, 1.807) is 0 Å². The third kappa shape index (κ3) is 24.9. The van der Waals surface area contributed by atoms with E-state index in [9.17, 15) is 0 Å². The lowest BCUT2D eigenvalue weighted by Gasteiger charge is -2.34. The molecule has 8 heteroatoms. The van der Waals surface area contributed by atoms with Gasteiger partial charge in [0.2, 0.25) is 0 Å². The van der Waals surface area contributed by atoms with Crippen LogP contribution in [0.2, 0.25) is 6.04 Å². The SMILES string of the molecule is CCCCCCCCCCCC[N+](C)(C)CCC[N+](C)(C)CCC[Si](O)(O)O.[Cl-].[Cl-]. The first kappa shape index (κ1) is 35.2. The van der Waals surface area contributed by atoms with E-state index in [0.29, 0.717) is 6.42 Å². The summed E-state index contributed by atoms with van der Waals surface area (Å²) in [6.45, 7) is 6.70. The molecule has 0 spiro atoms. The zero-order valence-corrected chi connectivity index (χ0v) is 23.0. The Balaban J connectivity index is -0.00000364. The van der Waals surface area contributed by atoms with Gasteiger partial charge in [0.15, 0.2) is 0 Å². The smallest absolute Gasteiger partial charge is 0.492 e. The van der Waals surface area contributed by atoms with Crippen LogP contribution in [0.4, 0.5) is 0 Å². The molecule has 0 atom stereocenters. The van der Waals surface area contributed by atoms with Crippen molar-refractivity contribution >= 4 is 8.80 Å². The molecule has 0 aliphatic heterocycles. The van der Waals surface area contributed by atoms with Crippen molar-refractivity contribution in [1.29, 1.82) is 0 Å². The van der Waals surface area contributed by atoms with E-state index in [2.05, 4.69) is 35.1 Å². The van der Waals surface area contributed by atoms with Gasteiger partial charge in [-0.1, -0.05) is 58.3 Å². The molecule has 0 rings (SSSR count). The van der Waals surface area contributed by atoms with Gasteiger partial charge < -0.3 is 48.2 Å². The normalized spacial score (nSPS) is 12.4. The lowest BCUT2D eigenvalue weighted by molar-refractivity contribution is -0.909. The number of hydrogen-bond acceptors (Lipinski definition) is 3. The van der Waals surface area contributed by atoms with E-state index >= 15 is 0 Å². The van der Waals surface area contributed by atoms with Gasteiger partial charge in [0.05, 0.1) is 54.4 Å². The van der Waals surface area contributed by atoms with Crippen molar-refractivity contribution in [3.63, 3.8) is 0 Å². The third-order valence-corrected chi connectivity index (χ3v) is 6.94. The minimum absolute atomic E-state index is 0. The van der Waals surface area contributed by atoms with Crippen LogP contribution < -0.4 is 24.8 Å². The van der Waals surface area contributed by atoms with Crippen molar-refractivity contribution in [3.8, 4) is 0 Å². The Morgan fingerprint density at radius 3 is 1.23 bits per heavy atom. The van der Waals surface area contributed by atoms with Crippen molar-refractivity contribution in [1.82, 2.24) is 0 Å². The highest BCUT2D eigenvalue weighted by Crippen LogP contribution is 2.13. The first-order chi connectivity index (χ1) is 13.0. The highest BCUT2D eigenvalue weighted by atomic mass is 35.5. The molecule has 0 aromatic carbocycles. The number of halogens is 2. The molecule has 0 aromatic rings. The summed E-state index contributed by atoms with van der Waals surface area (Å²) >= 11 is 0. The number of nitrogens with zero attached hydrogens (tertiary/aromatic N) is 2. The van der Waals surface area contributed by atoms with Gasteiger partial charge >= 0.3 is 8.80 Å². The summed E-state index contributed by atoms with van der Waals surface area (Å²) in [5, 5.41) is 0. The second-order valence-electron chi connectivity index (χ2n) is 10.2. The van der Waals surface area contributed by atoms with Crippen LogP contribution >= 0.6 is 0 Å².